The van der Waals surface area contributed by atoms with E-state index in [2.05, 4.69) is 27.3 Å². The molecule has 0 spiro atoms. The van der Waals surface area contributed by atoms with Crippen LogP contribution in [0.5, 0.6) is 5.75 Å². The summed E-state index contributed by atoms with van der Waals surface area (Å²) in [6.45, 7) is 0. The Morgan fingerprint density at radius 2 is 2.07 bits per heavy atom. The molecule has 0 aromatic heterocycles. The van der Waals surface area contributed by atoms with Crippen molar-refractivity contribution in [1.82, 2.24) is 0 Å². The Kier molecular flexibility index (Phi) is 3.52. The van der Waals surface area contributed by atoms with Crippen LogP contribution in [-0.2, 0) is 0 Å². The Hall–Kier alpha value is -0.700. The molecule has 3 heteroatoms. The summed E-state index contributed by atoms with van der Waals surface area (Å²) in [7, 11) is 1.69. The number of hydrogen-bond acceptors (Lipinski definition) is 2. The van der Waals surface area contributed by atoms with Crippen LogP contribution in [0.4, 0.5) is 5.69 Å². The molecule has 0 atom stereocenters. The van der Waals surface area contributed by atoms with Crippen LogP contribution >= 0.6 is 15.9 Å². The number of benzene rings is 1. The largest absolute Gasteiger partial charge is 0.497 e. The Labute approximate surface area is 99.1 Å². The number of nitrogens with one attached hydrogen (secondary N) is 1. The van der Waals surface area contributed by atoms with E-state index in [9.17, 15) is 0 Å². The van der Waals surface area contributed by atoms with Gasteiger partial charge in [-0.2, -0.15) is 0 Å². The molecule has 15 heavy (non-hydrogen) atoms. The van der Waals surface area contributed by atoms with E-state index in [0.717, 1.165) is 10.2 Å². The lowest BCUT2D eigenvalue weighted by Gasteiger charge is -2.15. The summed E-state index contributed by atoms with van der Waals surface area (Å²) in [5.41, 5.74) is 1.17. The fourth-order valence-electron chi connectivity index (χ4n) is 2.03. The monoisotopic (exact) mass is 269 g/mol. The highest BCUT2D eigenvalue weighted by atomic mass is 79.9. The van der Waals surface area contributed by atoms with Crippen LogP contribution in [0.25, 0.3) is 0 Å². The highest BCUT2D eigenvalue weighted by Gasteiger charge is 2.15. The summed E-state index contributed by atoms with van der Waals surface area (Å²) < 4.78 is 6.24. The minimum atomic E-state index is 0.648. The summed E-state index contributed by atoms with van der Waals surface area (Å²) in [6, 6.07) is 6.70. The minimum absolute atomic E-state index is 0.648. The topological polar surface area (TPSA) is 21.3 Å². The second-order valence-corrected chi connectivity index (χ2v) is 4.83. The predicted molar refractivity (Wildman–Crippen MR) is 66.6 cm³/mol. The number of halogens is 1. The first-order chi connectivity index (χ1) is 7.29. The van der Waals surface area contributed by atoms with Gasteiger partial charge in [0, 0.05) is 16.2 Å². The Morgan fingerprint density at radius 1 is 1.33 bits per heavy atom. The van der Waals surface area contributed by atoms with Crippen LogP contribution < -0.4 is 10.1 Å². The lowest BCUT2D eigenvalue weighted by Crippen LogP contribution is -2.14. The van der Waals surface area contributed by atoms with Crippen molar-refractivity contribution in [2.24, 2.45) is 0 Å². The molecule has 1 N–H and O–H groups in total. The highest BCUT2D eigenvalue weighted by Crippen LogP contribution is 2.30. The molecule has 2 nitrogen and oxygen atoms in total. The molecule has 1 aliphatic rings. The van der Waals surface area contributed by atoms with Gasteiger partial charge in [0.2, 0.25) is 0 Å². The van der Waals surface area contributed by atoms with Crippen molar-refractivity contribution in [2.75, 3.05) is 12.4 Å². The molecule has 2 rings (SSSR count). The smallest absolute Gasteiger partial charge is 0.120 e. The number of anilines is 1. The number of hydrogen-bond donors (Lipinski definition) is 1. The molecule has 1 fully saturated rings. The minimum Gasteiger partial charge on any atom is -0.497 e. The van der Waals surface area contributed by atoms with E-state index < -0.39 is 0 Å². The molecule has 1 aromatic rings. The fraction of sp³-hybridized carbons (Fsp3) is 0.500. The zero-order valence-electron chi connectivity index (χ0n) is 8.92. The molecule has 0 radical (unpaired) electrons. The predicted octanol–water partition coefficient (Wildman–Crippen LogP) is 3.81. The van der Waals surface area contributed by atoms with E-state index in [0.29, 0.717) is 6.04 Å². The van der Waals surface area contributed by atoms with Crippen molar-refractivity contribution >= 4 is 21.6 Å². The molecule has 0 saturated heterocycles. The van der Waals surface area contributed by atoms with Gasteiger partial charge in [-0.25, -0.2) is 0 Å². The second-order valence-electron chi connectivity index (χ2n) is 3.97. The number of rotatable bonds is 3. The molecule has 0 bridgehead atoms. The van der Waals surface area contributed by atoms with Gasteiger partial charge in [0.05, 0.1) is 7.11 Å². The fourth-order valence-corrected chi connectivity index (χ4v) is 2.50. The Bertz CT molecular complexity index is 334. The van der Waals surface area contributed by atoms with E-state index in [1.807, 2.05) is 12.1 Å². The van der Waals surface area contributed by atoms with Crippen LogP contribution in [0.2, 0.25) is 0 Å². The maximum Gasteiger partial charge on any atom is 0.120 e. The zero-order valence-corrected chi connectivity index (χ0v) is 10.5. The lowest BCUT2D eigenvalue weighted by molar-refractivity contribution is 0.414. The van der Waals surface area contributed by atoms with E-state index in [-0.39, 0.29) is 0 Å². The van der Waals surface area contributed by atoms with Crippen molar-refractivity contribution < 1.29 is 4.74 Å². The molecular weight excluding hydrogens is 254 g/mol. The summed E-state index contributed by atoms with van der Waals surface area (Å²) in [5.74, 6) is 0.888. The average Bonchev–Trinajstić information content (AvgIpc) is 2.74. The summed E-state index contributed by atoms with van der Waals surface area (Å²) in [6.07, 6.45) is 5.29. The Balaban J connectivity index is 2.07. The van der Waals surface area contributed by atoms with Gasteiger partial charge < -0.3 is 10.1 Å². The maximum atomic E-state index is 5.16. The molecule has 82 valence electrons. The van der Waals surface area contributed by atoms with Crippen LogP contribution in [0, 0.1) is 0 Å². The van der Waals surface area contributed by atoms with Gasteiger partial charge in [-0.1, -0.05) is 12.8 Å². The SMILES string of the molecule is COc1ccc(NC2CCCC2)c(Br)c1. The van der Waals surface area contributed by atoms with Gasteiger partial charge in [0.15, 0.2) is 0 Å². The zero-order chi connectivity index (χ0) is 10.7. The van der Waals surface area contributed by atoms with Crippen LogP contribution in [-0.4, -0.2) is 13.2 Å². The van der Waals surface area contributed by atoms with Gasteiger partial charge in [-0.3, -0.25) is 0 Å². The first-order valence-corrected chi connectivity index (χ1v) is 6.19. The van der Waals surface area contributed by atoms with Gasteiger partial charge >= 0.3 is 0 Å². The summed E-state index contributed by atoms with van der Waals surface area (Å²) >= 11 is 3.55. The lowest BCUT2D eigenvalue weighted by atomic mass is 10.2. The second kappa shape index (κ2) is 4.88. The third-order valence-electron chi connectivity index (χ3n) is 2.89. The first kappa shape index (κ1) is 10.8. The maximum absolute atomic E-state index is 5.16. The molecule has 1 aromatic carbocycles. The summed E-state index contributed by atoms with van der Waals surface area (Å²) in [4.78, 5) is 0. The molecular formula is C12H16BrNO. The van der Waals surface area contributed by atoms with E-state index >= 15 is 0 Å². The highest BCUT2D eigenvalue weighted by molar-refractivity contribution is 9.10. The molecule has 1 saturated carbocycles. The van der Waals surface area contributed by atoms with E-state index in [4.69, 9.17) is 4.74 Å². The van der Waals surface area contributed by atoms with Crippen molar-refractivity contribution in [2.45, 2.75) is 31.7 Å². The van der Waals surface area contributed by atoms with Crippen molar-refractivity contribution in [3.05, 3.63) is 22.7 Å². The van der Waals surface area contributed by atoms with Crippen molar-refractivity contribution in [1.29, 1.82) is 0 Å². The summed E-state index contributed by atoms with van der Waals surface area (Å²) in [5, 5.41) is 3.56. The number of ether oxygens (including phenoxy) is 1. The van der Waals surface area contributed by atoms with Gasteiger partial charge in [-0.15, -0.1) is 0 Å². The molecule has 0 aliphatic heterocycles. The van der Waals surface area contributed by atoms with E-state index in [1.165, 1.54) is 31.4 Å². The number of methoxy groups -OCH3 is 1. The molecule has 0 heterocycles. The van der Waals surface area contributed by atoms with E-state index in [1.54, 1.807) is 7.11 Å². The van der Waals surface area contributed by atoms with Crippen LogP contribution in [0.1, 0.15) is 25.7 Å². The Morgan fingerprint density at radius 3 is 2.67 bits per heavy atom. The van der Waals surface area contributed by atoms with Gasteiger partial charge in [-0.05, 0) is 47.0 Å². The van der Waals surface area contributed by atoms with Crippen LogP contribution in [0.3, 0.4) is 0 Å². The third kappa shape index (κ3) is 2.65. The quantitative estimate of drug-likeness (QED) is 0.901. The normalized spacial score (nSPS) is 16.7. The molecule has 0 amide bonds. The van der Waals surface area contributed by atoms with Crippen molar-refractivity contribution in [3.8, 4) is 5.75 Å². The first-order valence-electron chi connectivity index (χ1n) is 5.39. The van der Waals surface area contributed by atoms with Gasteiger partial charge in [0.25, 0.3) is 0 Å². The van der Waals surface area contributed by atoms with Crippen molar-refractivity contribution in [3.63, 3.8) is 0 Å². The van der Waals surface area contributed by atoms with Gasteiger partial charge in [0.1, 0.15) is 5.75 Å². The molecule has 0 unspecified atom stereocenters. The van der Waals surface area contributed by atoms with Crippen LogP contribution in [0.15, 0.2) is 22.7 Å². The third-order valence-corrected chi connectivity index (χ3v) is 3.55. The standard InChI is InChI=1S/C12H16BrNO/c1-15-10-6-7-12(11(13)8-10)14-9-4-2-3-5-9/h6-9,14H,2-5H2,1H3. The average molecular weight is 270 g/mol. The molecule has 1 aliphatic carbocycles.